The minimum absolute atomic E-state index is 0.176. The molecule has 3 aromatic rings. The van der Waals surface area contributed by atoms with Gasteiger partial charge in [-0.3, -0.25) is 0 Å². The van der Waals surface area contributed by atoms with Crippen LogP contribution < -0.4 is 5.73 Å². The summed E-state index contributed by atoms with van der Waals surface area (Å²) in [6.45, 7) is 2.01. The van der Waals surface area contributed by atoms with Crippen LogP contribution in [0.25, 0.3) is 16.7 Å². The number of nitrogen functional groups attached to an aromatic ring is 1. The Hall–Kier alpha value is -2.51. The van der Waals surface area contributed by atoms with Gasteiger partial charge in [0.1, 0.15) is 11.3 Å². The molecule has 27 heavy (non-hydrogen) atoms. The third-order valence-corrected chi connectivity index (χ3v) is 5.79. The van der Waals surface area contributed by atoms with Gasteiger partial charge in [0.05, 0.1) is 11.6 Å². The zero-order valence-electron chi connectivity index (χ0n) is 14.6. The summed E-state index contributed by atoms with van der Waals surface area (Å²) < 4.78 is 6.09. The van der Waals surface area contributed by atoms with Crippen molar-refractivity contribution in [1.82, 2.24) is 20.4 Å². The van der Waals surface area contributed by atoms with Gasteiger partial charge in [0.15, 0.2) is 0 Å². The Balaban J connectivity index is 1.98. The smallest absolute Gasteiger partial charge is 0.204 e. The van der Waals surface area contributed by atoms with Crippen LogP contribution in [-0.2, 0) is 5.75 Å². The van der Waals surface area contributed by atoms with Crippen LogP contribution in [0.3, 0.4) is 0 Å². The molecule has 0 amide bonds. The van der Waals surface area contributed by atoms with Crippen molar-refractivity contribution in [2.45, 2.75) is 17.6 Å². The monoisotopic (exact) mass is 488 g/mol. The molecule has 0 spiro atoms. The molecule has 6 nitrogen and oxygen atoms in total. The lowest BCUT2D eigenvalue weighted by Gasteiger charge is -2.11. The molecule has 0 saturated carbocycles. The number of rotatable bonds is 6. The molecule has 0 radical (unpaired) electrons. The first kappa shape index (κ1) is 19.3. The number of halogens is 1. The molecule has 8 heteroatoms. The van der Waals surface area contributed by atoms with Crippen molar-refractivity contribution in [3.8, 4) is 6.07 Å². The maximum atomic E-state index is 9.29. The minimum atomic E-state index is -0.176. The topological polar surface area (TPSA) is 104 Å². The second kappa shape index (κ2) is 8.92. The van der Waals surface area contributed by atoms with Crippen LogP contribution in [0.15, 0.2) is 45.4 Å². The molecular formula is C19H17IN6S. The highest BCUT2D eigenvalue weighted by Gasteiger charge is 2.12. The molecule has 0 saturated heterocycles. The summed E-state index contributed by atoms with van der Waals surface area (Å²) in [5.41, 5.74) is 11.0. The SMILES string of the molecule is C=I/C=C\C(=C/C)c1ccc(C#N)cc1CSc1cc(N)nc2n[nH]nc12. The highest BCUT2D eigenvalue weighted by molar-refractivity contribution is 14.2. The van der Waals surface area contributed by atoms with E-state index in [1.54, 1.807) is 17.8 Å². The van der Waals surface area contributed by atoms with Crippen molar-refractivity contribution in [3.05, 3.63) is 57.2 Å². The molecule has 0 aliphatic heterocycles. The van der Waals surface area contributed by atoms with E-state index in [1.165, 1.54) is 0 Å². The van der Waals surface area contributed by atoms with Crippen LogP contribution in [-0.4, -0.2) is 24.9 Å². The van der Waals surface area contributed by atoms with Gasteiger partial charge in [0.25, 0.3) is 0 Å². The van der Waals surface area contributed by atoms with E-state index in [0.717, 1.165) is 21.6 Å². The molecule has 2 heterocycles. The van der Waals surface area contributed by atoms with E-state index in [-0.39, 0.29) is 20.7 Å². The lowest BCUT2D eigenvalue weighted by atomic mass is 9.98. The second-order valence-corrected chi connectivity index (χ2v) is 8.12. The predicted molar refractivity (Wildman–Crippen MR) is 121 cm³/mol. The third-order valence-electron chi connectivity index (χ3n) is 3.85. The summed E-state index contributed by atoms with van der Waals surface area (Å²) in [7, 11) is 0. The zero-order chi connectivity index (χ0) is 19.2. The molecule has 136 valence electrons. The van der Waals surface area contributed by atoms with E-state index in [1.807, 2.05) is 25.1 Å². The van der Waals surface area contributed by atoms with E-state index in [2.05, 4.69) is 47.2 Å². The van der Waals surface area contributed by atoms with Crippen LogP contribution in [0.1, 0.15) is 23.6 Å². The van der Waals surface area contributed by atoms with Gasteiger partial charge in [-0.25, -0.2) is 4.98 Å². The maximum absolute atomic E-state index is 9.29. The van der Waals surface area contributed by atoms with Crippen LogP contribution in [0.4, 0.5) is 5.82 Å². The number of fused-ring (bicyclic) bond motifs is 1. The van der Waals surface area contributed by atoms with Gasteiger partial charge < -0.3 is 5.73 Å². The Morgan fingerprint density at radius 3 is 3.00 bits per heavy atom. The number of thioether (sulfide) groups is 1. The first-order valence-corrected chi connectivity index (χ1v) is 11.7. The van der Waals surface area contributed by atoms with Gasteiger partial charge in [-0.2, -0.15) is 15.6 Å². The number of nitrogens with two attached hydrogens (primary N) is 1. The van der Waals surface area contributed by atoms with Crippen molar-refractivity contribution >= 4 is 59.6 Å². The third kappa shape index (κ3) is 4.43. The fourth-order valence-electron chi connectivity index (χ4n) is 2.61. The summed E-state index contributed by atoms with van der Waals surface area (Å²) in [5, 5.41) is 20.1. The van der Waals surface area contributed by atoms with Gasteiger partial charge in [-0.15, -0.1) is 37.6 Å². The number of allylic oxidation sites excluding steroid dienone is 3. The summed E-state index contributed by atoms with van der Waals surface area (Å²) in [5.74, 6) is 1.07. The normalized spacial score (nSPS) is 11.9. The first-order valence-electron chi connectivity index (χ1n) is 7.99. The number of nitrogens with zero attached hydrogens (tertiary/aromatic N) is 4. The summed E-state index contributed by atoms with van der Waals surface area (Å²) in [4.78, 5) is 5.07. The van der Waals surface area contributed by atoms with Gasteiger partial charge in [0.2, 0.25) is 5.65 Å². The number of hydrogen-bond acceptors (Lipinski definition) is 6. The lowest BCUT2D eigenvalue weighted by Crippen LogP contribution is -1.95. The van der Waals surface area contributed by atoms with Gasteiger partial charge in [-0.05, 0) is 52.0 Å². The van der Waals surface area contributed by atoms with Crippen molar-refractivity contribution in [1.29, 1.82) is 5.26 Å². The molecule has 1 aromatic carbocycles. The molecule has 0 fully saturated rings. The number of aromatic nitrogens is 4. The van der Waals surface area contributed by atoms with Crippen LogP contribution in [0, 0.1) is 11.3 Å². The quantitative estimate of drug-likeness (QED) is 0.303. The Morgan fingerprint density at radius 2 is 2.26 bits per heavy atom. The zero-order valence-corrected chi connectivity index (χ0v) is 17.6. The van der Waals surface area contributed by atoms with E-state index in [4.69, 9.17) is 5.73 Å². The second-order valence-electron chi connectivity index (χ2n) is 5.50. The molecule has 0 unspecified atom stereocenters. The van der Waals surface area contributed by atoms with Crippen LogP contribution in [0.2, 0.25) is 0 Å². The molecule has 0 aliphatic carbocycles. The number of nitriles is 1. The Bertz CT molecular complexity index is 1090. The summed E-state index contributed by atoms with van der Waals surface area (Å²) in [6.07, 6.45) is 4.18. The largest absolute Gasteiger partial charge is 0.384 e. The minimum Gasteiger partial charge on any atom is -0.384 e. The molecular weight excluding hydrogens is 471 g/mol. The maximum Gasteiger partial charge on any atom is 0.204 e. The van der Waals surface area contributed by atoms with Crippen molar-refractivity contribution in [2.24, 2.45) is 0 Å². The van der Waals surface area contributed by atoms with E-state index in [0.29, 0.717) is 28.3 Å². The number of hydrogen-bond donors (Lipinski definition) is 2. The Kier molecular flexibility index (Phi) is 6.36. The Morgan fingerprint density at radius 1 is 1.41 bits per heavy atom. The number of nitrogens with one attached hydrogen (secondary N) is 1. The number of benzene rings is 1. The fraction of sp³-hybridized carbons (Fsp3) is 0.105. The average Bonchev–Trinajstić information content (AvgIpc) is 3.15. The van der Waals surface area contributed by atoms with Crippen molar-refractivity contribution in [2.75, 3.05) is 5.73 Å². The molecule has 3 N–H and O–H groups in total. The van der Waals surface area contributed by atoms with E-state index < -0.39 is 0 Å². The molecule has 2 aromatic heterocycles. The predicted octanol–water partition coefficient (Wildman–Crippen LogP) is 4.42. The van der Waals surface area contributed by atoms with E-state index in [9.17, 15) is 5.26 Å². The molecule has 0 aliphatic rings. The number of pyridine rings is 1. The highest BCUT2D eigenvalue weighted by atomic mass is 127. The fourth-order valence-corrected chi connectivity index (χ4v) is 4.28. The van der Waals surface area contributed by atoms with Crippen LogP contribution >= 0.6 is 32.5 Å². The van der Waals surface area contributed by atoms with Gasteiger partial charge in [0, 0.05) is 10.6 Å². The van der Waals surface area contributed by atoms with E-state index >= 15 is 0 Å². The summed E-state index contributed by atoms with van der Waals surface area (Å²) in [6, 6.07) is 9.80. The van der Waals surface area contributed by atoms with Gasteiger partial charge >= 0.3 is 0 Å². The van der Waals surface area contributed by atoms with Crippen LogP contribution in [0.5, 0.6) is 0 Å². The molecule has 0 atom stereocenters. The number of anilines is 1. The number of H-pyrrole nitrogens is 1. The lowest BCUT2D eigenvalue weighted by molar-refractivity contribution is 0.953. The molecule has 3 rings (SSSR count). The standard InChI is InChI=1S/C19H17IN6S/c1-3-13(6-7-20-2)15-5-4-12(10-21)8-14(15)11-27-16-9-17(22)23-19-18(16)24-26-25-19/h3-9H,2,11H2,1H3,(H3,22,23,24,25,26)/b7-6-,13-3+. The first-order chi connectivity index (χ1) is 13.2. The Labute approximate surface area is 171 Å². The molecule has 0 bridgehead atoms. The van der Waals surface area contributed by atoms with Gasteiger partial charge in [-0.1, -0.05) is 16.7 Å². The highest BCUT2D eigenvalue weighted by Crippen LogP contribution is 2.32. The van der Waals surface area contributed by atoms with Crippen molar-refractivity contribution in [3.63, 3.8) is 0 Å². The summed E-state index contributed by atoms with van der Waals surface area (Å²) >= 11 is 1.42. The average molecular weight is 488 g/mol. The van der Waals surface area contributed by atoms with Crippen molar-refractivity contribution < 1.29 is 0 Å². The number of aromatic amines is 1.